The van der Waals surface area contributed by atoms with Gasteiger partial charge in [-0.1, -0.05) is 81.7 Å². The average molecular weight is 1230 g/mol. The number of unbranched alkanes of at least 4 members (excludes halogenated alkanes) is 1. The number of amides is 10. The first-order chi connectivity index (χ1) is 40.5. The molecule has 18 N–H and O–H groups in total. The number of halogens is 1. The van der Waals surface area contributed by atoms with Crippen molar-refractivity contribution in [3.8, 4) is 11.5 Å². The summed E-state index contributed by atoms with van der Waals surface area (Å²) in [5.41, 5.74) is 19.0. The number of aliphatic hydroxyl groups excluding tert-OH is 1. The lowest BCUT2D eigenvalue weighted by atomic mass is 10.00. The van der Waals surface area contributed by atoms with Crippen molar-refractivity contribution in [3.05, 3.63) is 130 Å². The number of hydrogen-bond donors (Lipinski definition) is 15. The van der Waals surface area contributed by atoms with Gasteiger partial charge >= 0.3 is 0 Å². The quantitative estimate of drug-likeness (QED) is 0.0313. The SMILES string of the molecule is CNCCCC[C@@H]1NC(=O)[C@@H](Cc2ccc(C(N)=O)cc2)NC(=O)[C@H](Cc2ccc(O)cc2)NC(=O)[C@H](NC(=O)[C@H](Cc2ccc(Cl)cc2)NC(=O)CCN)CSSC[C@@H](C(=O)N[C@H](Cc2ccc(O)cc2)C(N)=O)NC(=O)[C@H]([C@@H](C)O)NC1=O. The summed E-state index contributed by atoms with van der Waals surface area (Å²) >= 11 is 6.15. The Morgan fingerprint density at radius 1 is 0.635 bits per heavy atom. The molecule has 1 heterocycles. The summed E-state index contributed by atoms with van der Waals surface area (Å²) in [6, 6.07) is 11.6. The number of phenolic OH excluding ortho intramolecular Hbond substituents is 2. The average Bonchev–Trinajstić information content (AvgIpc) is 3.66. The minimum Gasteiger partial charge on any atom is -0.508 e. The molecule has 1 aliphatic rings. The fourth-order valence-corrected chi connectivity index (χ4v) is 11.1. The molecule has 1 saturated heterocycles. The van der Waals surface area contributed by atoms with Gasteiger partial charge in [0.05, 0.1) is 6.10 Å². The molecule has 0 saturated carbocycles. The molecule has 5 rings (SSSR count). The molecule has 9 atom stereocenters. The zero-order valence-corrected chi connectivity index (χ0v) is 49.2. The number of primary amides is 2. The van der Waals surface area contributed by atoms with Crippen LogP contribution in [-0.2, 0) is 68.8 Å². The highest BCUT2D eigenvalue weighted by Gasteiger charge is 2.37. The minimum atomic E-state index is -1.78. The molecule has 1 aliphatic heterocycles. The van der Waals surface area contributed by atoms with Crippen LogP contribution < -0.4 is 65.1 Å². The van der Waals surface area contributed by atoms with Gasteiger partial charge in [-0.2, -0.15) is 0 Å². The number of rotatable bonds is 23. The van der Waals surface area contributed by atoms with E-state index in [0.29, 0.717) is 46.7 Å². The van der Waals surface area contributed by atoms with Crippen molar-refractivity contribution in [1.29, 1.82) is 0 Å². The van der Waals surface area contributed by atoms with E-state index in [1.165, 1.54) is 79.7 Å². The van der Waals surface area contributed by atoms with Crippen LogP contribution in [0.4, 0.5) is 0 Å². The van der Waals surface area contributed by atoms with Crippen molar-refractivity contribution >= 4 is 92.3 Å². The third kappa shape index (κ3) is 22.5. The topological polar surface area (TPSA) is 418 Å². The molecule has 458 valence electrons. The van der Waals surface area contributed by atoms with Gasteiger partial charge in [-0.05, 0) is 111 Å². The Balaban J connectivity index is 1.62. The van der Waals surface area contributed by atoms with E-state index >= 15 is 0 Å². The van der Waals surface area contributed by atoms with Crippen molar-refractivity contribution in [2.45, 2.75) is 113 Å². The van der Waals surface area contributed by atoms with E-state index in [0.717, 1.165) is 21.6 Å². The molecule has 28 heteroatoms. The zero-order chi connectivity index (χ0) is 62.2. The normalized spacial score (nSPS) is 20.3. The van der Waals surface area contributed by atoms with Crippen molar-refractivity contribution in [2.75, 3.05) is 31.6 Å². The van der Waals surface area contributed by atoms with Crippen LogP contribution in [0.2, 0.25) is 5.02 Å². The first-order valence-electron chi connectivity index (χ1n) is 27.2. The maximum absolute atomic E-state index is 14.9. The molecule has 0 aromatic heterocycles. The second kappa shape index (κ2) is 34.1. The lowest BCUT2D eigenvalue weighted by Crippen LogP contribution is -2.62. The van der Waals surface area contributed by atoms with Gasteiger partial charge in [0, 0.05) is 60.7 Å². The third-order valence-corrected chi connectivity index (χ3v) is 16.1. The molecule has 4 aromatic rings. The van der Waals surface area contributed by atoms with Gasteiger partial charge < -0.3 is 80.4 Å². The van der Waals surface area contributed by atoms with Crippen LogP contribution in [0.3, 0.4) is 0 Å². The minimum absolute atomic E-state index is 0.0281. The second-order valence-corrected chi connectivity index (χ2v) is 23.1. The highest BCUT2D eigenvalue weighted by Crippen LogP contribution is 2.25. The van der Waals surface area contributed by atoms with Crippen LogP contribution >= 0.6 is 33.2 Å². The van der Waals surface area contributed by atoms with Crippen LogP contribution in [0, 0.1) is 0 Å². The van der Waals surface area contributed by atoms with Gasteiger partial charge in [-0.25, -0.2) is 0 Å². The third-order valence-electron chi connectivity index (χ3n) is 13.4. The second-order valence-electron chi connectivity index (χ2n) is 20.2. The smallest absolute Gasteiger partial charge is 0.248 e. The largest absolute Gasteiger partial charge is 0.508 e. The monoisotopic (exact) mass is 1230 g/mol. The number of aromatic hydroxyl groups is 2. The number of nitrogens with one attached hydrogen (secondary N) is 9. The zero-order valence-electron chi connectivity index (χ0n) is 46.8. The Morgan fingerprint density at radius 3 is 1.68 bits per heavy atom. The Morgan fingerprint density at radius 2 is 1.14 bits per heavy atom. The molecule has 10 amide bonds. The molecule has 0 bridgehead atoms. The maximum Gasteiger partial charge on any atom is 0.248 e. The molecule has 1 fully saturated rings. The van der Waals surface area contributed by atoms with Crippen molar-refractivity contribution in [3.63, 3.8) is 0 Å². The molecule has 0 aliphatic carbocycles. The summed E-state index contributed by atoms with van der Waals surface area (Å²) in [7, 11) is 3.56. The van der Waals surface area contributed by atoms with Gasteiger partial charge in [-0.3, -0.25) is 47.9 Å². The van der Waals surface area contributed by atoms with Crippen LogP contribution in [-0.4, -0.2) is 160 Å². The van der Waals surface area contributed by atoms with Gasteiger partial charge in [0.15, 0.2) is 0 Å². The maximum atomic E-state index is 14.9. The van der Waals surface area contributed by atoms with Crippen molar-refractivity contribution < 1.29 is 63.3 Å². The summed E-state index contributed by atoms with van der Waals surface area (Å²) in [6.07, 6.45) is -1.73. The van der Waals surface area contributed by atoms with E-state index in [1.807, 2.05) is 0 Å². The Hall–Kier alpha value is -7.95. The highest BCUT2D eigenvalue weighted by molar-refractivity contribution is 8.76. The first kappa shape index (κ1) is 67.8. The molecular formula is C57H73ClN12O13S2. The summed E-state index contributed by atoms with van der Waals surface area (Å²) in [5, 5.41) is 55.6. The van der Waals surface area contributed by atoms with E-state index in [1.54, 1.807) is 31.3 Å². The predicted molar refractivity (Wildman–Crippen MR) is 320 cm³/mol. The number of benzene rings is 4. The molecule has 4 aromatic carbocycles. The fourth-order valence-electron chi connectivity index (χ4n) is 8.68. The molecule has 0 radical (unpaired) electrons. The van der Waals surface area contributed by atoms with Crippen LogP contribution in [0.15, 0.2) is 97.1 Å². The van der Waals surface area contributed by atoms with Gasteiger partial charge in [0.1, 0.15) is 59.8 Å². The Labute approximate surface area is 504 Å². The van der Waals surface area contributed by atoms with Gasteiger partial charge in [0.2, 0.25) is 59.1 Å². The molecule has 85 heavy (non-hydrogen) atoms. The van der Waals surface area contributed by atoms with Gasteiger partial charge in [0.25, 0.3) is 0 Å². The Kier molecular flexibility index (Phi) is 27.2. The summed E-state index contributed by atoms with van der Waals surface area (Å²) < 4.78 is 0. The highest BCUT2D eigenvalue weighted by atomic mass is 35.5. The van der Waals surface area contributed by atoms with E-state index in [9.17, 15) is 63.3 Å². The predicted octanol–water partition coefficient (Wildman–Crippen LogP) is -1.00. The lowest BCUT2D eigenvalue weighted by Gasteiger charge is -2.29. The fraction of sp³-hybridized carbons (Fsp3) is 0.404. The summed E-state index contributed by atoms with van der Waals surface area (Å²) in [6.45, 7) is 1.67. The molecular weight excluding hydrogens is 1160 g/mol. The molecule has 0 unspecified atom stereocenters. The molecule has 25 nitrogen and oxygen atoms in total. The number of aliphatic hydroxyl groups is 1. The van der Waals surface area contributed by atoms with Crippen molar-refractivity contribution in [1.82, 2.24) is 47.9 Å². The van der Waals surface area contributed by atoms with Crippen molar-refractivity contribution in [2.24, 2.45) is 17.2 Å². The van der Waals surface area contributed by atoms with Gasteiger partial charge in [-0.15, -0.1) is 0 Å². The van der Waals surface area contributed by atoms with Crippen LogP contribution in [0.1, 0.15) is 65.2 Å². The molecule has 0 spiro atoms. The number of carbonyl (C=O) groups is 10. The summed E-state index contributed by atoms with van der Waals surface area (Å²) in [4.78, 5) is 140. The number of hydrogen-bond acceptors (Lipinski definition) is 17. The number of carbonyl (C=O) groups excluding carboxylic acids is 10. The standard InChI is InChI=1S/C57H73ClN12O13S2/c1-31(71)48-57(83)69-46(55(81)65-41(50(61)76)25-34-10-18-38(72)19-11-34)30-85-84-29-45(68-52(78)42(63-47(74)22-23-59)26-33-8-16-37(58)17-9-33)56(82)67-44(28-35-12-20-39(73)21-13-35)54(80)66-43(27-32-6-14-36(15-7-32)49(60)75)53(79)64-40(51(77)70-48)5-3-4-24-62-2/h6-21,31,40-46,48,62,71-73H,3-5,22-30,59H2,1-2H3,(H2,60,75)(H2,61,76)(H,63,74)(H,64,79)(H,65,81)(H,66,80)(H,67,82)(H,68,78)(H,69,83)(H,70,77)/t31-,40+,41-,42+,43-,44+,45-,46+,48+/m1/s1. The van der Waals surface area contributed by atoms with E-state index in [-0.39, 0.29) is 73.6 Å². The Bertz CT molecular complexity index is 2950. The summed E-state index contributed by atoms with van der Waals surface area (Å²) in [5.74, 6) is -9.72. The first-order valence-corrected chi connectivity index (χ1v) is 30.1. The van der Waals surface area contributed by atoms with Crippen LogP contribution in [0.25, 0.3) is 0 Å². The van der Waals surface area contributed by atoms with Crippen LogP contribution in [0.5, 0.6) is 11.5 Å². The number of nitrogens with two attached hydrogens (primary N) is 3. The lowest BCUT2D eigenvalue weighted by molar-refractivity contribution is -0.136. The number of phenols is 2. The van der Waals surface area contributed by atoms with E-state index in [2.05, 4.69) is 47.9 Å². The van der Waals surface area contributed by atoms with E-state index < -0.39 is 114 Å². The van der Waals surface area contributed by atoms with E-state index in [4.69, 9.17) is 28.8 Å².